The van der Waals surface area contributed by atoms with E-state index in [9.17, 15) is 9.90 Å². The second-order valence-corrected chi connectivity index (χ2v) is 4.90. The number of amides is 1. The topological polar surface area (TPSA) is 66.6 Å². The average molecular weight is 281 g/mol. The van der Waals surface area contributed by atoms with Gasteiger partial charge in [0.05, 0.1) is 17.8 Å². The normalized spacial score (nSPS) is 10.7. The quantitative estimate of drug-likeness (QED) is 0.774. The van der Waals surface area contributed by atoms with Crippen LogP contribution >= 0.6 is 0 Å². The van der Waals surface area contributed by atoms with Crippen LogP contribution in [0.15, 0.2) is 48.8 Å². The largest absolute Gasteiger partial charge is 0.507 e. The molecule has 2 heterocycles. The van der Waals surface area contributed by atoms with Gasteiger partial charge in [0.1, 0.15) is 11.4 Å². The van der Waals surface area contributed by atoms with Gasteiger partial charge >= 0.3 is 0 Å². The molecule has 1 aromatic carbocycles. The van der Waals surface area contributed by atoms with Gasteiger partial charge in [0.25, 0.3) is 5.91 Å². The molecule has 5 heteroatoms. The van der Waals surface area contributed by atoms with Gasteiger partial charge in [-0.1, -0.05) is 12.1 Å². The van der Waals surface area contributed by atoms with Crippen LogP contribution < -0.4 is 5.32 Å². The molecule has 3 aromatic rings. The van der Waals surface area contributed by atoms with Crippen molar-refractivity contribution in [1.29, 1.82) is 0 Å². The van der Waals surface area contributed by atoms with Crippen LogP contribution in [0.4, 0.5) is 0 Å². The van der Waals surface area contributed by atoms with Crippen LogP contribution in [0.25, 0.3) is 5.65 Å². The molecule has 0 aliphatic rings. The Morgan fingerprint density at radius 1 is 1.33 bits per heavy atom. The summed E-state index contributed by atoms with van der Waals surface area (Å²) < 4.78 is 1.89. The number of rotatable bonds is 3. The number of carbonyl (C=O) groups is 1. The Balaban J connectivity index is 1.73. The Labute approximate surface area is 121 Å². The molecule has 1 amide bonds. The summed E-state index contributed by atoms with van der Waals surface area (Å²) in [6, 6.07) is 10.7. The number of aromatic nitrogens is 2. The highest BCUT2D eigenvalue weighted by Crippen LogP contribution is 2.18. The van der Waals surface area contributed by atoms with Gasteiger partial charge in [-0.25, -0.2) is 4.98 Å². The third-order valence-corrected chi connectivity index (χ3v) is 3.24. The molecule has 2 aromatic heterocycles. The van der Waals surface area contributed by atoms with E-state index in [1.165, 1.54) is 0 Å². The van der Waals surface area contributed by atoms with E-state index in [1.807, 2.05) is 41.9 Å². The number of aromatic hydroxyl groups is 1. The van der Waals surface area contributed by atoms with E-state index >= 15 is 0 Å². The molecule has 2 N–H and O–H groups in total. The Kier molecular flexibility index (Phi) is 3.31. The molecule has 0 radical (unpaired) electrons. The fourth-order valence-corrected chi connectivity index (χ4v) is 2.17. The van der Waals surface area contributed by atoms with Crippen LogP contribution in [0.2, 0.25) is 0 Å². The first kappa shape index (κ1) is 13.2. The summed E-state index contributed by atoms with van der Waals surface area (Å²) in [6.45, 7) is 2.17. The van der Waals surface area contributed by atoms with Crippen LogP contribution in [0.1, 0.15) is 21.6 Å². The standard InChI is InChI=1S/C16H15N3O2/c1-11-5-6-13(14(20)8-11)16(21)17-9-12-10-19-7-3-2-4-15(19)18-12/h2-8,10,20H,9H2,1H3,(H,17,21). The summed E-state index contributed by atoms with van der Waals surface area (Å²) in [6.07, 6.45) is 3.77. The van der Waals surface area contributed by atoms with E-state index in [4.69, 9.17) is 0 Å². The molecule has 0 unspecified atom stereocenters. The molecule has 0 aliphatic carbocycles. The smallest absolute Gasteiger partial charge is 0.255 e. The highest BCUT2D eigenvalue weighted by atomic mass is 16.3. The van der Waals surface area contributed by atoms with Gasteiger partial charge in [0.15, 0.2) is 0 Å². The first-order valence-electron chi connectivity index (χ1n) is 6.64. The van der Waals surface area contributed by atoms with Crippen molar-refractivity contribution >= 4 is 11.6 Å². The maximum Gasteiger partial charge on any atom is 0.255 e. The first-order valence-corrected chi connectivity index (χ1v) is 6.64. The number of pyridine rings is 1. The van der Waals surface area contributed by atoms with E-state index in [-0.39, 0.29) is 17.2 Å². The van der Waals surface area contributed by atoms with Gasteiger partial charge in [-0.2, -0.15) is 0 Å². The number of nitrogens with zero attached hydrogens (tertiary/aromatic N) is 2. The van der Waals surface area contributed by atoms with Crippen LogP contribution in [-0.2, 0) is 6.54 Å². The van der Waals surface area contributed by atoms with E-state index in [0.717, 1.165) is 16.9 Å². The lowest BCUT2D eigenvalue weighted by Gasteiger charge is -2.06. The minimum absolute atomic E-state index is 0.0116. The van der Waals surface area contributed by atoms with Gasteiger partial charge < -0.3 is 14.8 Å². The molecular formula is C16H15N3O2. The lowest BCUT2D eigenvalue weighted by atomic mass is 10.1. The Hall–Kier alpha value is -2.82. The van der Waals surface area contributed by atoms with Crippen molar-refractivity contribution in [3.05, 3.63) is 65.6 Å². The van der Waals surface area contributed by atoms with Crippen molar-refractivity contribution in [2.24, 2.45) is 0 Å². The molecule has 0 fully saturated rings. The Morgan fingerprint density at radius 2 is 2.19 bits per heavy atom. The van der Waals surface area contributed by atoms with Crippen LogP contribution in [0.5, 0.6) is 5.75 Å². The maximum absolute atomic E-state index is 12.1. The zero-order valence-corrected chi connectivity index (χ0v) is 11.6. The zero-order chi connectivity index (χ0) is 14.8. The van der Waals surface area contributed by atoms with Crippen molar-refractivity contribution in [3.8, 4) is 5.75 Å². The predicted molar refractivity (Wildman–Crippen MR) is 79.2 cm³/mol. The molecule has 0 saturated carbocycles. The minimum Gasteiger partial charge on any atom is -0.507 e. The first-order chi connectivity index (χ1) is 10.1. The van der Waals surface area contributed by atoms with Gasteiger partial charge in [-0.05, 0) is 36.8 Å². The second kappa shape index (κ2) is 5.28. The number of benzene rings is 1. The van der Waals surface area contributed by atoms with Crippen molar-refractivity contribution < 1.29 is 9.90 Å². The number of imidazole rings is 1. The van der Waals surface area contributed by atoms with E-state index in [0.29, 0.717) is 6.54 Å². The highest BCUT2D eigenvalue weighted by Gasteiger charge is 2.11. The fourth-order valence-electron chi connectivity index (χ4n) is 2.17. The van der Waals surface area contributed by atoms with E-state index in [1.54, 1.807) is 18.2 Å². The average Bonchev–Trinajstić information content (AvgIpc) is 2.87. The summed E-state index contributed by atoms with van der Waals surface area (Å²) in [5, 5.41) is 12.6. The zero-order valence-electron chi connectivity index (χ0n) is 11.6. The van der Waals surface area contributed by atoms with Gasteiger partial charge in [-0.15, -0.1) is 0 Å². The van der Waals surface area contributed by atoms with Crippen LogP contribution in [0.3, 0.4) is 0 Å². The fraction of sp³-hybridized carbons (Fsp3) is 0.125. The van der Waals surface area contributed by atoms with Crippen LogP contribution in [-0.4, -0.2) is 20.4 Å². The summed E-state index contributed by atoms with van der Waals surface area (Å²) >= 11 is 0. The molecule has 0 spiro atoms. The summed E-state index contributed by atoms with van der Waals surface area (Å²) in [7, 11) is 0. The second-order valence-electron chi connectivity index (χ2n) is 4.90. The molecule has 0 saturated heterocycles. The molecule has 0 atom stereocenters. The number of carbonyl (C=O) groups excluding carboxylic acids is 1. The molecular weight excluding hydrogens is 266 g/mol. The van der Waals surface area contributed by atoms with Crippen molar-refractivity contribution in [2.75, 3.05) is 0 Å². The lowest BCUT2D eigenvalue weighted by molar-refractivity contribution is 0.0948. The van der Waals surface area contributed by atoms with Crippen molar-refractivity contribution in [2.45, 2.75) is 13.5 Å². The minimum atomic E-state index is -0.315. The summed E-state index contributed by atoms with van der Waals surface area (Å²) in [5.74, 6) is -0.327. The predicted octanol–water partition coefficient (Wildman–Crippen LogP) is 2.28. The van der Waals surface area contributed by atoms with Gasteiger partial charge in [0.2, 0.25) is 0 Å². The van der Waals surface area contributed by atoms with Gasteiger partial charge in [-0.3, -0.25) is 4.79 Å². The molecule has 0 bridgehead atoms. The maximum atomic E-state index is 12.1. The summed E-state index contributed by atoms with van der Waals surface area (Å²) in [4.78, 5) is 16.5. The monoisotopic (exact) mass is 281 g/mol. The number of aryl methyl sites for hydroxylation is 1. The molecule has 3 rings (SSSR count). The number of nitrogens with one attached hydrogen (secondary N) is 1. The molecule has 21 heavy (non-hydrogen) atoms. The molecule has 5 nitrogen and oxygen atoms in total. The Bertz CT molecular complexity index is 775. The third-order valence-electron chi connectivity index (χ3n) is 3.24. The number of phenolic OH excluding ortho intramolecular Hbond substituents is 1. The van der Waals surface area contributed by atoms with Crippen molar-refractivity contribution in [1.82, 2.24) is 14.7 Å². The Morgan fingerprint density at radius 3 is 2.95 bits per heavy atom. The van der Waals surface area contributed by atoms with E-state index in [2.05, 4.69) is 10.3 Å². The molecule has 0 aliphatic heterocycles. The lowest BCUT2D eigenvalue weighted by Crippen LogP contribution is -2.23. The number of hydrogen-bond acceptors (Lipinski definition) is 3. The SMILES string of the molecule is Cc1ccc(C(=O)NCc2cn3ccccc3n2)c(O)c1. The number of hydrogen-bond donors (Lipinski definition) is 2. The van der Waals surface area contributed by atoms with Crippen molar-refractivity contribution in [3.63, 3.8) is 0 Å². The summed E-state index contributed by atoms with van der Waals surface area (Å²) in [5.41, 5.74) is 2.77. The van der Waals surface area contributed by atoms with Crippen LogP contribution in [0, 0.1) is 6.92 Å². The van der Waals surface area contributed by atoms with Gasteiger partial charge in [0, 0.05) is 12.4 Å². The number of fused-ring (bicyclic) bond motifs is 1. The number of phenols is 1. The third kappa shape index (κ3) is 2.72. The molecule has 106 valence electrons. The van der Waals surface area contributed by atoms with E-state index < -0.39 is 0 Å². The highest BCUT2D eigenvalue weighted by molar-refractivity contribution is 5.96.